The number of thioether (sulfide) groups is 1. The van der Waals surface area contributed by atoms with Crippen LogP contribution in [0.5, 0.6) is 5.75 Å². The molecule has 4 fully saturated rings. The number of nitrogens with one attached hydrogen (secondary N) is 3. The number of ether oxygens (including phenoxy) is 2. The lowest BCUT2D eigenvalue weighted by atomic mass is 9.98. The van der Waals surface area contributed by atoms with Crippen molar-refractivity contribution in [1.29, 1.82) is 0 Å². The van der Waals surface area contributed by atoms with Crippen LogP contribution in [0.1, 0.15) is 44.3 Å². The van der Waals surface area contributed by atoms with Gasteiger partial charge in [0.25, 0.3) is 5.56 Å². The summed E-state index contributed by atoms with van der Waals surface area (Å²) in [4.78, 5) is 62.5. The van der Waals surface area contributed by atoms with Crippen LogP contribution in [0, 0.1) is 17.6 Å². The van der Waals surface area contributed by atoms with Gasteiger partial charge in [0.05, 0.1) is 30.1 Å². The molecule has 7 rings (SSSR count). The number of amides is 3. The maximum atomic E-state index is 15.1. The van der Waals surface area contributed by atoms with E-state index in [9.17, 15) is 23.6 Å². The number of H-pyrrole nitrogens is 1. The first kappa shape index (κ1) is 37.1. The standard InChI is InChI=1S/C37H45F2N7O6S/c38-27-17-24(40-29-2-4-33(47)43-36(29)49)1-3-31(27)45-11-13-46(14-12-45)34(48)20-44-9-5-23(6-10-44)21-52-25-18-28(39)35-30(19-25)41-32(42-37(35)50)22-53-26-7-15-51-16-8-26/h1,3,17-19,23,26,29,40H,2,4-16,20-22H2,(H,41,42,50)(H,43,47,49). The smallest absolute Gasteiger partial charge is 0.261 e. The van der Waals surface area contributed by atoms with E-state index in [-0.39, 0.29) is 35.1 Å². The molecule has 4 saturated heterocycles. The molecule has 0 saturated carbocycles. The molecule has 1 atom stereocenters. The van der Waals surface area contributed by atoms with E-state index < -0.39 is 29.1 Å². The number of fused-ring (bicyclic) bond motifs is 1. The zero-order valence-electron chi connectivity index (χ0n) is 29.5. The number of aromatic amines is 1. The van der Waals surface area contributed by atoms with Crippen molar-refractivity contribution in [1.82, 2.24) is 25.1 Å². The van der Waals surface area contributed by atoms with E-state index in [1.54, 1.807) is 30.0 Å². The first-order valence-electron chi connectivity index (χ1n) is 18.4. The van der Waals surface area contributed by atoms with Crippen LogP contribution in [0.4, 0.5) is 20.2 Å². The minimum absolute atomic E-state index is 0.0447. The molecule has 1 aromatic heterocycles. The number of imide groups is 1. The molecular formula is C37H45F2N7O6S. The number of likely N-dealkylation sites (tertiary alicyclic amines) is 1. The van der Waals surface area contributed by atoms with E-state index in [4.69, 9.17) is 9.47 Å². The normalized spacial score (nSPS) is 20.8. The largest absolute Gasteiger partial charge is 0.493 e. The SMILES string of the molecule is O=C1CCC(Nc2ccc(N3CCN(C(=O)CN4CCC(COc5cc(F)c6c(=O)[nH]c(CSC7CCOCC7)nc6c5)CC4)CC3)c(F)c2)C(=O)N1. The number of aromatic nitrogens is 2. The van der Waals surface area contributed by atoms with Crippen LogP contribution in [0.15, 0.2) is 35.1 Å². The Morgan fingerprint density at radius 1 is 0.962 bits per heavy atom. The molecule has 5 heterocycles. The molecular weight excluding hydrogens is 709 g/mol. The Kier molecular flexibility index (Phi) is 11.8. The minimum atomic E-state index is -0.661. The van der Waals surface area contributed by atoms with Gasteiger partial charge < -0.3 is 29.6 Å². The molecule has 3 aromatic rings. The average Bonchev–Trinajstić information content (AvgIpc) is 3.15. The molecule has 13 nitrogen and oxygen atoms in total. The van der Waals surface area contributed by atoms with Crippen molar-refractivity contribution in [2.45, 2.75) is 55.6 Å². The Bertz CT molecular complexity index is 1880. The molecule has 3 amide bonds. The minimum Gasteiger partial charge on any atom is -0.493 e. The number of halogens is 2. The number of rotatable bonds is 11. The first-order valence-corrected chi connectivity index (χ1v) is 19.4. The Balaban J connectivity index is 0.840. The van der Waals surface area contributed by atoms with Crippen molar-refractivity contribution in [3.8, 4) is 5.75 Å². The van der Waals surface area contributed by atoms with Gasteiger partial charge in [-0.2, -0.15) is 11.8 Å². The van der Waals surface area contributed by atoms with E-state index >= 15 is 4.39 Å². The number of carbonyl (C=O) groups excluding carboxylic acids is 3. The second-order valence-corrected chi connectivity index (χ2v) is 15.4. The highest BCUT2D eigenvalue weighted by molar-refractivity contribution is 7.99. The molecule has 53 heavy (non-hydrogen) atoms. The van der Waals surface area contributed by atoms with Gasteiger partial charge in [-0.15, -0.1) is 0 Å². The molecule has 16 heteroatoms. The van der Waals surface area contributed by atoms with Gasteiger partial charge in [0.2, 0.25) is 17.7 Å². The Labute approximate surface area is 310 Å². The zero-order chi connectivity index (χ0) is 36.9. The van der Waals surface area contributed by atoms with E-state index in [0.29, 0.717) is 79.7 Å². The van der Waals surface area contributed by atoms with Gasteiger partial charge in [-0.3, -0.25) is 29.4 Å². The molecule has 0 radical (unpaired) electrons. The monoisotopic (exact) mass is 753 g/mol. The molecule has 0 aliphatic carbocycles. The van der Waals surface area contributed by atoms with E-state index in [2.05, 4.69) is 25.5 Å². The fraction of sp³-hybridized carbons (Fsp3) is 0.541. The number of nitrogens with zero attached hydrogens (tertiary/aromatic N) is 4. The molecule has 0 bridgehead atoms. The van der Waals surface area contributed by atoms with Gasteiger partial charge in [0.1, 0.15) is 34.6 Å². The third-order valence-electron chi connectivity index (χ3n) is 10.5. The highest BCUT2D eigenvalue weighted by Gasteiger charge is 2.29. The summed E-state index contributed by atoms with van der Waals surface area (Å²) in [5.74, 6) is -0.130. The van der Waals surface area contributed by atoms with Crippen LogP contribution < -0.4 is 25.8 Å². The Hall–Kier alpha value is -4.28. The number of hydrogen-bond acceptors (Lipinski definition) is 11. The van der Waals surface area contributed by atoms with Gasteiger partial charge in [-0.1, -0.05) is 0 Å². The summed E-state index contributed by atoms with van der Waals surface area (Å²) < 4.78 is 41.6. The second kappa shape index (κ2) is 16.8. The molecule has 1 unspecified atom stereocenters. The number of anilines is 2. The zero-order valence-corrected chi connectivity index (χ0v) is 30.4. The number of hydrogen-bond donors (Lipinski definition) is 3. The number of carbonyl (C=O) groups is 3. The maximum absolute atomic E-state index is 15.1. The fourth-order valence-electron chi connectivity index (χ4n) is 7.34. The van der Waals surface area contributed by atoms with Crippen LogP contribution in [0.2, 0.25) is 0 Å². The number of benzene rings is 2. The van der Waals surface area contributed by atoms with Gasteiger partial charge in [0.15, 0.2) is 0 Å². The number of piperazine rings is 1. The predicted octanol–water partition coefficient (Wildman–Crippen LogP) is 3.27. The lowest BCUT2D eigenvalue weighted by molar-refractivity contribution is -0.134. The second-order valence-electron chi connectivity index (χ2n) is 14.1. The topological polar surface area (TPSA) is 149 Å². The predicted molar refractivity (Wildman–Crippen MR) is 197 cm³/mol. The summed E-state index contributed by atoms with van der Waals surface area (Å²) in [6.07, 6.45) is 4.16. The summed E-state index contributed by atoms with van der Waals surface area (Å²) in [5, 5.41) is 5.67. The van der Waals surface area contributed by atoms with E-state index in [0.717, 1.165) is 52.0 Å². The van der Waals surface area contributed by atoms with Crippen molar-refractivity contribution in [2.24, 2.45) is 5.92 Å². The summed E-state index contributed by atoms with van der Waals surface area (Å²) in [6, 6.07) is 7.04. The van der Waals surface area contributed by atoms with Crippen LogP contribution >= 0.6 is 11.8 Å². The quantitative estimate of drug-likeness (QED) is 0.248. The molecule has 4 aliphatic rings. The van der Waals surface area contributed by atoms with Gasteiger partial charge in [-0.05, 0) is 69.3 Å². The summed E-state index contributed by atoms with van der Waals surface area (Å²) in [7, 11) is 0. The van der Waals surface area contributed by atoms with Crippen LogP contribution in [-0.2, 0) is 24.9 Å². The van der Waals surface area contributed by atoms with Crippen molar-refractivity contribution in [3.05, 3.63) is 58.1 Å². The molecule has 2 aromatic carbocycles. The van der Waals surface area contributed by atoms with Gasteiger partial charge in [-0.25, -0.2) is 13.8 Å². The van der Waals surface area contributed by atoms with E-state index in [1.807, 2.05) is 9.80 Å². The van der Waals surface area contributed by atoms with Gasteiger partial charge >= 0.3 is 0 Å². The maximum Gasteiger partial charge on any atom is 0.261 e. The van der Waals surface area contributed by atoms with Crippen molar-refractivity contribution in [2.75, 3.05) is 75.9 Å². The Morgan fingerprint density at radius 3 is 2.47 bits per heavy atom. The summed E-state index contributed by atoms with van der Waals surface area (Å²) >= 11 is 1.72. The van der Waals surface area contributed by atoms with E-state index in [1.165, 1.54) is 12.1 Å². The number of piperidine rings is 2. The van der Waals surface area contributed by atoms with Crippen LogP contribution in [0.3, 0.4) is 0 Å². The molecule has 284 valence electrons. The highest BCUT2D eigenvalue weighted by atomic mass is 32.2. The fourth-order valence-corrected chi connectivity index (χ4v) is 8.39. The molecule has 4 aliphatic heterocycles. The third-order valence-corrected chi connectivity index (χ3v) is 11.8. The van der Waals surface area contributed by atoms with Crippen LogP contribution in [-0.4, -0.2) is 114 Å². The average molecular weight is 754 g/mol. The summed E-state index contributed by atoms with van der Waals surface area (Å²) in [5.41, 5.74) is 0.694. The lowest BCUT2D eigenvalue weighted by Gasteiger charge is -2.38. The van der Waals surface area contributed by atoms with Crippen molar-refractivity contribution in [3.63, 3.8) is 0 Å². The third kappa shape index (κ3) is 9.27. The van der Waals surface area contributed by atoms with Crippen molar-refractivity contribution >= 4 is 51.8 Å². The van der Waals surface area contributed by atoms with Crippen molar-refractivity contribution < 1.29 is 32.6 Å². The first-order chi connectivity index (χ1) is 25.7. The lowest BCUT2D eigenvalue weighted by Crippen LogP contribution is -2.52. The van der Waals surface area contributed by atoms with Gasteiger partial charge in [0, 0.05) is 68.9 Å². The summed E-state index contributed by atoms with van der Waals surface area (Å²) in [6.45, 7) is 5.62. The highest BCUT2D eigenvalue weighted by Crippen LogP contribution is 2.28. The molecule has 0 spiro atoms. The van der Waals surface area contributed by atoms with Crippen LogP contribution in [0.25, 0.3) is 10.9 Å². The molecule has 3 N–H and O–H groups in total. The Morgan fingerprint density at radius 2 is 1.74 bits per heavy atom.